The molecule has 4 rings (SSSR count). The van der Waals surface area contributed by atoms with Gasteiger partial charge in [0, 0.05) is 0 Å². The molecule has 3 aliphatic heterocycles. The molecule has 3 heterocycles. The van der Waals surface area contributed by atoms with Crippen molar-refractivity contribution < 1.29 is 33.3 Å². The Labute approximate surface area is 223 Å². The molecule has 0 spiro atoms. The van der Waals surface area contributed by atoms with Crippen molar-refractivity contribution in [3.63, 3.8) is 0 Å². The number of fused-ring (bicyclic) bond motifs is 1. The molecule has 0 amide bonds. The van der Waals surface area contributed by atoms with Crippen LogP contribution in [0.4, 0.5) is 0 Å². The molecule has 0 aromatic rings. The molecule has 4 aliphatic rings. The number of esters is 2. The van der Waals surface area contributed by atoms with Crippen molar-refractivity contribution in [2.45, 2.75) is 153 Å². The van der Waals surface area contributed by atoms with Gasteiger partial charge in [-0.15, -0.1) is 0 Å². The Morgan fingerprint density at radius 2 is 0.973 bits per heavy atom. The predicted octanol–water partition coefficient (Wildman–Crippen LogP) is 5.90. The topological polar surface area (TPSA) is 90.2 Å². The summed E-state index contributed by atoms with van der Waals surface area (Å²) in [5.74, 6) is -1.47. The van der Waals surface area contributed by atoms with Crippen LogP contribution in [0.5, 0.6) is 0 Å². The van der Waals surface area contributed by atoms with Crippen LogP contribution < -0.4 is 0 Å². The van der Waals surface area contributed by atoms with Gasteiger partial charge in [0.2, 0.25) is 0 Å². The third-order valence-corrected chi connectivity index (χ3v) is 8.57. The first kappa shape index (κ1) is 28.8. The Hall–Kier alpha value is -1.18. The number of hydrogen-bond donors (Lipinski definition) is 0. The van der Waals surface area contributed by atoms with Crippen molar-refractivity contribution in [3.05, 3.63) is 0 Å². The smallest absolute Gasteiger partial charge is 0.309 e. The molecule has 1 saturated carbocycles. The fourth-order valence-electron chi connectivity index (χ4n) is 5.99. The van der Waals surface area contributed by atoms with Crippen molar-refractivity contribution in [2.24, 2.45) is 11.8 Å². The van der Waals surface area contributed by atoms with E-state index in [2.05, 4.69) is 13.8 Å². The fraction of sp³-hybridized carbons (Fsp3) is 0.933. The van der Waals surface area contributed by atoms with Crippen molar-refractivity contribution in [1.29, 1.82) is 0 Å². The molecular formula is C30H50O7. The maximum absolute atomic E-state index is 12.9. The normalized spacial score (nSPS) is 33.5. The van der Waals surface area contributed by atoms with Gasteiger partial charge in [0.1, 0.15) is 0 Å². The molecule has 8 atom stereocenters. The van der Waals surface area contributed by atoms with E-state index >= 15 is 0 Å². The lowest BCUT2D eigenvalue weighted by Crippen LogP contribution is -2.38. The van der Waals surface area contributed by atoms with E-state index in [1.807, 2.05) is 0 Å². The van der Waals surface area contributed by atoms with Gasteiger partial charge < -0.3 is 23.7 Å². The number of unbranched alkanes of at least 4 members (excludes halogenated alkanes) is 6. The second kappa shape index (κ2) is 14.8. The highest BCUT2D eigenvalue weighted by atomic mass is 16.6. The number of epoxide rings is 3. The summed E-state index contributed by atoms with van der Waals surface area (Å²) in [6, 6.07) is 0. The first-order valence-electron chi connectivity index (χ1n) is 15.4. The molecule has 0 bridgehead atoms. The van der Waals surface area contributed by atoms with Crippen LogP contribution in [0.25, 0.3) is 0 Å². The standard InChI is InChI=1S/C30H50O7/c1-3-5-7-9-13-23-25(35-23)15-11-17-33-29(31)21-19-27-28(37-27)20-22(21)30(32)34-18-12-16-26-24(36-26)14-10-8-6-4-2/h21-28H,3-20H2,1-2H3. The van der Waals surface area contributed by atoms with Gasteiger partial charge in [0.15, 0.2) is 0 Å². The van der Waals surface area contributed by atoms with E-state index in [9.17, 15) is 9.59 Å². The summed E-state index contributed by atoms with van der Waals surface area (Å²) >= 11 is 0. The van der Waals surface area contributed by atoms with Crippen LogP contribution >= 0.6 is 0 Å². The monoisotopic (exact) mass is 522 g/mol. The number of ether oxygens (including phenoxy) is 5. The summed E-state index contributed by atoms with van der Waals surface area (Å²) in [5, 5.41) is 0. The van der Waals surface area contributed by atoms with Crippen LogP contribution in [-0.2, 0) is 33.3 Å². The van der Waals surface area contributed by atoms with Crippen molar-refractivity contribution in [2.75, 3.05) is 13.2 Å². The van der Waals surface area contributed by atoms with Crippen LogP contribution in [0.3, 0.4) is 0 Å². The zero-order valence-electron chi connectivity index (χ0n) is 23.2. The van der Waals surface area contributed by atoms with E-state index < -0.39 is 11.8 Å². The number of carbonyl (C=O) groups is 2. The molecular weight excluding hydrogens is 472 g/mol. The van der Waals surface area contributed by atoms with Gasteiger partial charge in [0.05, 0.1) is 61.7 Å². The SMILES string of the molecule is CCCCCCC1OC1CCCOC(=O)C1CC2OC2CC1C(=O)OCCCC1OC1CCCCCC. The lowest BCUT2D eigenvalue weighted by molar-refractivity contribution is -0.162. The summed E-state index contributed by atoms with van der Waals surface area (Å²) in [7, 11) is 0. The first-order valence-corrected chi connectivity index (χ1v) is 15.4. The largest absolute Gasteiger partial charge is 0.465 e. The average Bonchev–Trinajstić information content (AvgIpc) is 3.80. The molecule has 3 saturated heterocycles. The molecule has 4 fully saturated rings. The molecule has 0 N–H and O–H groups in total. The summed E-state index contributed by atoms with van der Waals surface area (Å²) in [5.41, 5.74) is 0. The average molecular weight is 523 g/mol. The second-order valence-corrected chi connectivity index (χ2v) is 11.6. The Morgan fingerprint density at radius 1 is 0.568 bits per heavy atom. The van der Waals surface area contributed by atoms with E-state index in [-0.39, 0.29) is 24.1 Å². The van der Waals surface area contributed by atoms with Crippen LogP contribution in [0.1, 0.15) is 117 Å². The molecule has 37 heavy (non-hydrogen) atoms. The Kier molecular flexibility index (Phi) is 11.6. The lowest BCUT2D eigenvalue weighted by Gasteiger charge is -2.26. The highest BCUT2D eigenvalue weighted by molar-refractivity contribution is 5.82. The van der Waals surface area contributed by atoms with Gasteiger partial charge in [-0.05, 0) is 51.4 Å². The lowest BCUT2D eigenvalue weighted by atomic mass is 9.79. The fourth-order valence-corrected chi connectivity index (χ4v) is 5.99. The molecule has 7 heteroatoms. The minimum absolute atomic E-state index is 0.0937. The third-order valence-electron chi connectivity index (χ3n) is 8.57. The van der Waals surface area contributed by atoms with E-state index in [1.54, 1.807) is 0 Å². The van der Waals surface area contributed by atoms with E-state index in [4.69, 9.17) is 23.7 Å². The van der Waals surface area contributed by atoms with Gasteiger partial charge in [-0.25, -0.2) is 0 Å². The van der Waals surface area contributed by atoms with Gasteiger partial charge in [0.25, 0.3) is 0 Å². The summed E-state index contributed by atoms with van der Waals surface area (Å²) in [4.78, 5) is 25.7. The molecule has 0 aromatic heterocycles. The van der Waals surface area contributed by atoms with Crippen LogP contribution in [-0.4, -0.2) is 61.8 Å². The van der Waals surface area contributed by atoms with Crippen molar-refractivity contribution >= 4 is 11.9 Å². The maximum Gasteiger partial charge on any atom is 0.309 e. The Bertz CT molecular complexity index is 654. The highest BCUT2D eigenvalue weighted by Gasteiger charge is 2.53. The molecule has 212 valence electrons. The molecule has 0 aromatic carbocycles. The maximum atomic E-state index is 12.9. The zero-order chi connectivity index (χ0) is 26.0. The number of rotatable bonds is 20. The number of hydrogen-bond acceptors (Lipinski definition) is 7. The van der Waals surface area contributed by atoms with Gasteiger partial charge >= 0.3 is 11.9 Å². The van der Waals surface area contributed by atoms with Crippen molar-refractivity contribution in [1.82, 2.24) is 0 Å². The Balaban J connectivity index is 1.07. The van der Waals surface area contributed by atoms with Gasteiger partial charge in [-0.2, -0.15) is 0 Å². The highest BCUT2D eigenvalue weighted by Crippen LogP contribution is 2.44. The van der Waals surface area contributed by atoms with E-state index in [0.717, 1.165) is 38.5 Å². The third kappa shape index (κ3) is 9.50. The molecule has 1 aliphatic carbocycles. The minimum atomic E-state index is -0.459. The molecule has 0 radical (unpaired) electrons. The number of carbonyl (C=O) groups excluding carboxylic acids is 2. The van der Waals surface area contributed by atoms with E-state index in [0.29, 0.717) is 50.5 Å². The van der Waals surface area contributed by atoms with Crippen LogP contribution in [0.2, 0.25) is 0 Å². The molecule has 8 unspecified atom stereocenters. The predicted molar refractivity (Wildman–Crippen MR) is 140 cm³/mol. The van der Waals surface area contributed by atoms with Gasteiger partial charge in [-0.3, -0.25) is 9.59 Å². The van der Waals surface area contributed by atoms with Crippen LogP contribution in [0, 0.1) is 11.8 Å². The van der Waals surface area contributed by atoms with Crippen LogP contribution in [0.15, 0.2) is 0 Å². The van der Waals surface area contributed by atoms with Gasteiger partial charge in [-0.1, -0.05) is 65.2 Å². The minimum Gasteiger partial charge on any atom is -0.465 e. The Morgan fingerprint density at radius 3 is 1.38 bits per heavy atom. The first-order chi connectivity index (χ1) is 18.1. The molecule has 7 nitrogen and oxygen atoms in total. The summed E-state index contributed by atoms with van der Waals surface area (Å²) in [6.45, 7) is 5.22. The van der Waals surface area contributed by atoms with Crippen molar-refractivity contribution in [3.8, 4) is 0 Å². The van der Waals surface area contributed by atoms with E-state index in [1.165, 1.54) is 51.4 Å². The summed E-state index contributed by atoms with van der Waals surface area (Å²) in [6.07, 6.45) is 18.7. The zero-order valence-corrected chi connectivity index (χ0v) is 23.2. The quantitative estimate of drug-likeness (QED) is 0.112. The second-order valence-electron chi connectivity index (χ2n) is 11.6. The summed E-state index contributed by atoms with van der Waals surface area (Å²) < 4.78 is 28.4.